The number of hydrogen-bond acceptors (Lipinski definition) is 3. The van der Waals surface area contributed by atoms with Gasteiger partial charge >= 0.3 is 0 Å². The molecule has 1 aliphatic rings. The Hall–Kier alpha value is -1.11. The van der Waals surface area contributed by atoms with Crippen molar-refractivity contribution in [2.45, 2.75) is 19.8 Å². The molecule has 23 heavy (non-hydrogen) atoms. The maximum atomic E-state index is 11.9. The molecule has 2 N–H and O–H groups in total. The van der Waals surface area contributed by atoms with Gasteiger partial charge in [-0.25, -0.2) is 0 Å². The minimum absolute atomic E-state index is 0.0398. The van der Waals surface area contributed by atoms with Crippen molar-refractivity contribution in [1.29, 1.82) is 0 Å². The van der Waals surface area contributed by atoms with Crippen molar-refractivity contribution in [3.63, 3.8) is 0 Å². The van der Waals surface area contributed by atoms with E-state index in [-0.39, 0.29) is 12.5 Å². The Labute approximate surface area is 146 Å². The average molecular weight is 386 g/mol. The average Bonchev–Trinajstić information content (AvgIpc) is 2.54. The van der Waals surface area contributed by atoms with E-state index in [0.29, 0.717) is 18.2 Å². The predicted octanol–water partition coefficient (Wildman–Crippen LogP) is 0.983. The number of carbonyl (C=O) groups is 1. The molecule has 0 spiro atoms. The molecule has 128 valence electrons. The molecule has 6 heteroatoms. The molecule has 0 saturated carbocycles. The fourth-order valence-corrected chi connectivity index (χ4v) is 2.99. The van der Waals surface area contributed by atoms with Gasteiger partial charge in [0.25, 0.3) is 5.91 Å². The summed E-state index contributed by atoms with van der Waals surface area (Å²) in [7, 11) is 0. The summed E-state index contributed by atoms with van der Waals surface area (Å²) in [5.74, 6) is 1.08. The number of carbonyl (C=O) groups excluding carboxylic acids is 1. The van der Waals surface area contributed by atoms with Crippen molar-refractivity contribution in [3.05, 3.63) is 28.2 Å². The Bertz CT molecular complexity index is 517. The smallest absolute Gasteiger partial charge is 0.258 e. The lowest BCUT2D eigenvalue weighted by molar-refractivity contribution is -0.906. The molecule has 0 aromatic heterocycles. The van der Waals surface area contributed by atoms with Crippen LogP contribution in [-0.2, 0) is 9.53 Å². The van der Waals surface area contributed by atoms with Gasteiger partial charge in [0.1, 0.15) is 18.8 Å². The van der Waals surface area contributed by atoms with E-state index in [9.17, 15) is 4.79 Å². The van der Waals surface area contributed by atoms with E-state index in [4.69, 9.17) is 9.47 Å². The van der Waals surface area contributed by atoms with Gasteiger partial charge in [-0.15, -0.1) is 0 Å². The number of amides is 1. The summed E-state index contributed by atoms with van der Waals surface area (Å²) in [6.45, 7) is 9.59. The van der Waals surface area contributed by atoms with Crippen LogP contribution in [0.4, 0.5) is 0 Å². The second-order valence-corrected chi connectivity index (χ2v) is 6.95. The van der Waals surface area contributed by atoms with E-state index in [1.165, 1.54) is 10.5 Å². The standard InChI is InChI=1S/C17H25BrN2O3/c1-13(2)14-3-4-16(15(18)11-14)23-12-17(21)19-5-6-20-7-9-22-10-8-20/h3-4,11,13H,5-10,12H2,1-2H3,(H,19,21)/p+1. The molecule has 0 aliphatic carbocycles. The normalized spacial score (nSPS) is 15.7. The van der Waals surface area contributed by atoms with Crippen LogP contribution in [0, 0.1) is 0 Å². The van der Waals surface area contributed by atoms with Gasteiger partial charge in [-0.2, -0.15) is 0 Å². The summed E-state index contributed by atoms with van der Waals surface area (Å²) >= 11 is 3.50. The summed E-state index contributed by atoms with van der Waals surface area (Å²) in [6.07, 6.45) is 0. The van der Waals surface area contributed by atoms with Crippen LogP contribution in [0.3, 0.4) is 0 Å². The Morgan fingerprint density at radius 1 is 1.39 bits per heavy atom. The van der Waals surface area contributed by atoms with Crippen LogP contribution in [0.5, 0.6) is 5.75 Å². The lowest BCUT2D eigenvalue weighted by Gasteiger charge is -2.23. The molecule has 1 saturated heterocycles. The highest BCUT2D eigenvalue weighted by Crippen LogP contribution is 2.28. The van der Waals surface area contributed by atoms with Gasteiger partial charge in [-0.1, -0.05) is 19.9 Å². The first-order valence-corrected chi connectivity index (χ1v) is 8.96. The molecule has 0 bridgehead atoms. The Morgan fingerprint density at radius 2 is 2.13 bits per heavy atom. The highest BCUT2D eigenvalue weighted by atomic mass is 79.9. The van der Waals surface area contributed by atoms with Crippen LogP contribution < -0.4 is 15.0 Å². The molecular formula is C17H26BrN2O3+. The van der Waals surface area contributed by atoms with E-state index in [0.717, 1.165) is 37.3 Å². The number of hydrogen-bond donors (Lipinski definition) is 2. The zero-order valence-corrected chi connectivity index (χ0v) is 15.4. The van der Waals surface area contributed by atoms with E-state index < -0.39 is 0 Å². The van der Waals surface area contributed by atoms with E-state index in [1.54, 1.807) is 0 Å². The molecule has 0 radical (unpaired) electrons. The molecular weight excluding hydrogens is 360 g/mol. The van der Waals surface area contributed by atoms with E-state index in [1.807, 2.05) is 18.2 Å². The Morgan fingerprint density at radius 3 is 2.78 bits per heavy atom. The Balaban J connectivity index is 1.69. The van der Waals surface area contributed by atoms with E-state index in [2.05, 4.69) is 35.1 Å². The maximum absolute atomic E-state index is 11.9. The van der Waals surface area contributed by atoms with Gasteiger partial charge < -0.3 is 19.7 Å². The quantitative estimate of drug-likeness (QED) is 0.735. The number of nitrogens with one attached hydrogen (secondary N) is 2. The third-order valence-electron chi connectivity index (χ3n) is 3.98. The van der Waals surface area contributed by atoms with Crippen molar-refractivity contribution < 1.29 is 19.2 Å². The van der Waals surface area contributed by atoms with Crippen LogP contribution in [0.1, 0.15) is 25.3 Å². The lowest BCUT2D eigenvalue weighted by atomic mass is 10.0. The third-order valence-corrected chi connectivity index (χ3v) is 4.60. The molecule has 1 aromatic carbocycles. The first kappa shape index (κ1) is 18.2. The van der Waals surface area contributed by atoms with Gasteiger partial charge in [0.05, 0.1) is 30.8 Å². The first-order valence-electron chi connectivity index (χ1n) is 8.16. The van der Waals surface area contributed by atoms with Crippen molar-refractivity contribution in [3.8, 4) is 5.75 Å². The van der Waals surface area contributed by atoms with Crippen LogP contribution in [0.25, 0.3) is 0 Å². The lowest BCUT2D eigenvalue weighted by Crippen LogP contribution is -3.14. The minimum atomic E-state index is -0.0857. The summed E-state index contributed by atoms with van der Waals surface area (Å²) in [4.78, 5) is 13.3. The molecule has 1 amide bonds. The van der Waals surface area contributed by atoms with Gasteiger partial charge in [-0.3, -0.25) is 4.79 Å². The van der Waals surface area contributed by atoms with Crippen LogP contribution >= 0.6 is 15.9 Å². The number of quaternary nitrogens is 1. The molecule has 1 fully saturated rings. The molecule has 2 rings (SSSR count). The van der Waals surface area contributed by atoms with Gasteiger partial charge in [0, 0.05) is 0 Å². The second-order valence-electron chi connectivity index (χ2n) is 6.10. The zero-order valence-electron chi connectivity index (χ0n) is 13.9. The predicted molar refractivity (Wildman–Crippen MR) is 93.1 cm³/mol. The summed E-state index contributed by atoms with van der Waals surface area (Å²) in [5, 5.41) is 2.91. The van der Waals surface area contributed by atoms with Crippen molar-refractivity contribution in [2.24, 2.45) is 0 Å². The van der Waals surface area contributed by atoms with Crippen LogP contribution in [0.2, 0.25) is 0 Å². The SMILES string of the molecule is CC(C)c1ccc(OCC(=O)NCC[NH+]2CCOCC2)c(Br)c1. The largest absolute Gasteiger partial charge is 0.483 e. The molecule has 0 unspecified atom stereocenters. The zero-order chi connectivity index (χ0) is 16.7. The Kier molecular flexibility index (Phi) is 7.33. The minimum Gasteiger partial charge on any atom is -0.483 e. The number of rotatable bonds is 7. The molecule has 1 aliphatic heterocycles. The van der Waals surface area contributed by atoms with Crippen molar-refractivity contribution in [2.75, 3.05) is 46.0 Å². The first-order chi connectivity index (χ1) is 11.1. The van der Waals surface area contributed by atoms with Crippen molar-refractivity contribution in [1.82, 2.24) is 5.32 Å². The topological polar surface area (TPSA) is 52.0 Å². The second kappa shape index (κ2) is 9.25. The highest BCUT2D eigenvalue weighted by molar-refractivity contribution is 9.10. The van der Waals surface area contributed by atoms with Gasteiger partial charge in [-0.05, 0) is 39.5 Å². The molecule has 5 nitrogen and oxygen atoms in total. The highest BCUT2D eigenvalue weighted by Gasteiger charge is 2.14. The number of ether oxygens (including phenoxy) is 2. The van der Waals surface area contributed by atoms with E-state index >= 15 is 0 Å². The maximum Gasteiger partial charge on any atom is 0.258 e. The molecule has 1 aromatic rings. The van der Waals surface area contributed by atoms with Crippen LogP contribution in [-0.4, -0.2) is 51.9 Å². The summed E-state index contributed by atoms with van der Waals surface area (Å²) < 4.78 is 11.8. The third kappa shape index (κ3) is 6.12. The fraction of sp³-hybridized carbons (Fsp3) is 0.588. The fourth-order valence-electron chi connectivity index (χ4n) is 2.48. The van der Waals surface area contributed by atoms with Crippen molar-refractivity contribution >= 4 is 21.8 Å². The number of benzene rings is 1. The monoisotopic (exact) mass is 385 g/mol. The van der Waals surface area contributed by atoms with Gasteiger partial charge in [0.15, 0.2) is 6.61 Å². The molecule has 0 atom stereocenters. The summed E-state index contributed by atoms with van der Waals surface area (Å²) in [6, 6.07) is 5.98. The number of halogens is 1. The number of morpholine rings is 1. The van der Waals surface area contributed by atoms with Gasteiger partial charge in [0.2, 0.25) is 0 Å². The summed E-state index contributed by atoms with van der Waals surface area (Å²) in [5.41, 5.74) is 1.24. The molecule has 1 heterocycles. The van der Waals surface area contributed by atoms with Crippen LogP contribution in [0.15, 0.2) is 22.7 Å².